The molecule has 7 heteroatoms. The summed E-state index contributed by atoms with van der Waals surface area (Å²) in [6.07, 6.45) is 3.76. The van der Waals surface area contributed by atoms with Gasteiger partial charge in [0, 0.05) is 16.5 Å². The molecule has 130 valence electrons. The molecule has 1 aromatic heterocycles. The van der Waals surface area contributed by atoms with Crippen molar-refractivity contribution in [3.8, 4) is 0 Å². The Kier molecular flexibility index (Phi) is 3.40. The number of anilines is 1. The van der Waals surface area contributed by atoms with Crippen molar-refractivity contribution in [3.63, 3.8) is 0 Å². The number of halogens is 1. The summed E-state index contributed by atoms with van der Waals surface area (Å²) in [5, 5.41) is 8.07. The first-order chi connectivity index (χ1) is 12.2. The number of fused-ring (bicyclic) bond motifs is 2. The average molecular weight is 359 g/mol. The van der Waals surface area contributed by atoms with E-state index >= 15 is 0 Å². The van der Waals surface area contributed by atoms with Crippen molar-refractivity contribution >= 4 is 23.2 Å². The molecule has 0 atom stereocenters. The second-order valence-electron chi connectivity index (χ2n) is 7.18. The molecule has 2 aromatic rings. The molecular formula is C18H19ClN4O2. The van der Waals surface area contributed by atoms with Gasteiger partial charge in [-0.1, -0.05) is 22.8 Å². The summed E-state index contributed by atoms with van der Waals surface area (Å²) < 4.78 is 5.40. The fourth-order valence-corrected chi connectivity index (χ4v) is 4.49. The third-order valence-corrected chi connectivity index (χ3v) is 5.91. The van der Waals surface area contributed by atoms with E-state index in [1.165, 1.54) is 0 Å². The molecule has 1 spiro atoms. The lowest BCUT2D eigenvalue weighted by atomic mass is 9.74. The molecule has 3 heterocycles. The zero-order valence-corrected chi connectivity index (χ0v) is 14.6. The smallest absolute Gasteiger partial charge is 0.246 e. The summed E-state index contributed by atoms with van der Waals surface area (Å²) >= 11 is 6.53. The third kappa shape index (κ3) is 2.31. The SMILES string of the molecule is O=C1N(Cc2nc(C3CC3)no2)c2cccc(Cl)c2C12CCNCC2. The first kappa shape index (κ1) is 15.3. The van der Waals surface area contributed by atoms with Crippen molar-refractivity contribution in [1.82, 2.24) is 15.5 Å². The predicted octanol–water partition coefficient (Wildman–Crippen LogP) is 2.77. The molecule has 0 bridgehead atoms. The van der Waals surface area contributed by atoms with Gasteiger partial charge in [0.1, 0.15) is 6.54 Å². The highest BCUT2D eigenvalue weighted by Gasteiger charge is 2.52. The Bertz CT molecular complexity index is 839. The molecule has 0 unspecified atom stereocenters. The van der Waals surface area contributed by atoms with E-state index in [0.717, 1.165) is 55.8 Å². The zero-order chi connectivity index (χ0) is 17.0. The van der Waals surface area contributed by atoms with E-state index in [1.807, 2.05) is 18.2 Å². The minimum absolute atomic E-state index is 0.100. The van der Waals surface area contributed by atoms with E-state index in [1.54, 1.807) is 4.90 Å². The maximum Gasteiger partial charge on any atom is 0.246 e. The number of hydrogen-bond acceptors (Lipinski definition) is 5. The lowest BCUT2D eigenvalue weighted by Gasteiger charge is -2.33. The number of nitrogens with zero attached hydrogens (tertiary/aromatic N) is 3. The number of carbonyl (C=O) groups excluding carboxylic acids is 1. The van der Waals surface area contributed by atoms with Crippen LogP contribution in [0, 0.1) is 0 Å². The van der Waals surface area contributed by atoms with Crippen LogP contribution >= 0.6 is 11.6 Å². The first-order valence-electron chi connectivity index (χ1n) is 8.83. The molecule has 1 N–H and O–H groups in total. The van der Waals surface area contributed by atoms with Gasteiger partial charge in [0.05, 0.1) is 11.1 Å². The Morgan fingerprint density at radius 3 is 2.88 bits per heavy atom. The van der Waals surface area contributed by atoms with Crippen molar-refractivity contribution < 1.29 is 9.32 Å². The van der Waals surface area contributed by atoms with Crippen LogP contribution in [0.1, 0.15) is 48.9 Å². The first-order valence-corrected chi connectivity index (χ1v) is 9.21. The number of carbonyl (C=O) groups is 1. The van der Waals surface area contributed by atoms with E-state index in [-0.39, 0.29) is 5.91 Å². The van der Waals surface area contributed by atoms with Crippen LogP contribution in [0.5, 0.6) is 0 Å². The Hall–Kier alpha value is -1.92. The van der Waals surface area contributed by atoms with Gasteiger partial charge in [0.2, 0.25) is 11.8 Å². The van der Waals surface area contributed by atoms with E-state index in [2.05, 4.69) is 15.5 Å². The predicted molar refractivity (Wildman–Crippen MR) is 92.7 cm³/mol. The van der Waals surface area contributed by atoms with Crippen molar-refractivity contribution in [2.24, 2.45) is 0 Å². The van der Waals surface area contributed by atoms with Gasteiger partial charge in [-0.05, 0) is 50.9 Å². The molecule has 1 saturated heterocycles. The number of piperidine rings is 1. The molecule has 2 aliphatic heterocycles. The van der Waals surface area contributed by atoms with Gasteiger partial charge < -0.3 is 14.7 Å². The number of benzene rings is 1. The number of rotatable bonds is 3. The Balaban J connectivity index is 1.53. The third-order valence-electron chi connectivity index (χ3n) is 5.59. The molecule has 3 aliphatic rings. The van der Waals surface area contributed by atoms with Gasteiger partial charge in [-0.15, -0.1) is 0 Å². The van der Waals surface area contributed by atoms with Gasteiger partial charge >= 0.3 is 0 Å². The highest BCUT2D eigenvalue weighted by atomic mass is 35.5. The Morgan fingerprint density at radius 2 is 2.12 bits per heavy atom. The number of amides is 1. The van der Waals surface area contributed by atoms with Crippen LogP contribution in [0.4, 0.5) is 5.69 Å². The standard InChI is InChI=1S/C18H19ClN4O2/c19-12-2-1-3-13-15(12)18(6-8-20-9-7-18)17(24)23(13)10-14-21-16(22-25-14)11-4-5-11/h1-3,11,20H,4-10H2. The van der Waals surface area contributed by atoms with E-state index in [9.17, 15) is 4.79 Å². The number of hydrogen-bond donors (Lipinski definition) is 1. The second kappa shape index (κ2) is 5.54. The van der Waals surface area contributed by atoms with Crippen LogP contribution in [-0.4, -0.2) is 29.1 Å². The Morgan fingerprint density at radius 1 is 1.32 bits per heavy atom. The molecule has 6 nitrogen and oxygen atoms in total. The minimum atomic E-state index is -0.529. The topological polar surface area (TPSA) is 71.3 Å². The molecule has 1 aliphatic carbocycles. The normalized spacial score (nSPS) is 21.8. The fourth-order valence-electron chi connectivity index (χ4n) is 4.14. The van der Waals surface area contributed by atoms with E-state index < -0.39 is 5.41 Å². The van der Waals surface area contributed by atoms with Crippen molar-refractivity contribution in [2.75, 3.05) is 18.0 Å². The highest BCUT2D eigenvalue weighted by Crippen LogP contribution is 2.50. The van der Waals surface area contributed by atoms with E-state index in [4.69, 9.17) is 16.1 Å². The summed E-state index contributed by atoms with van der Waals surface area (Å²) in [6, 6.07) is 5.73. The number of nitrogens with one attached hydrogen (secondary N) is 1. The maximum atomic E-state index is 13.4. The second-order valence-corrected chi connectivity index (χ2v) is 7.59. The average Bonchev–Trinajstić information content (AvgIpc) is 3.33. The summed E-state index contributed by atoms with van der Waals surface area (Å²) in [6.45, 7) is 1.94. The number of aromatic nitrogens is 2. The lowest BCUT2D eigenvalue weighted by Crippen LogP contribution is -2.47. The van der Waals surface area contributed by atoms with Gasteiger partial charge in [0.15, 0.2) is 5.82 Å². The molecule has 1 amide bonds. The quantitative estimate of drug-likeness (QED) is 0.913. The summed E-state index contributed by atoms with van der Waals surface area (Å²) in [5.41, 5.74) is 1.31. The molecule has 0 radical (unpaired) electrons. The summed E-state index contributed by atoms with van der Waals surface area (Å²) in [7, 11) is 0. The van der Waals surface area contributed by atoms with Crippen molar-refractivity contribution in [2.45, 2.75) is 43.6 Å². The Labute approximate surface area is 150 Å². The molecule has 5 rings (SSSR count). The lowest BCUT2D eigenvalue weighted by molar-refractivity contribution is -0.124. The molecule has 2 fully saturated rings. The monoisotopic (exact) mass is 358 g/mol. The minimum Gasteiger partial charge on any atom is -0.337 e. The van der Waals surface area contributed by atoms with Crippen LogP contribution in [0.3, 0.4) is 0 Å². The van der Waals surface area contributed by atoms with Crippen LogP contribution in [-0.2, 0) is 16.8 Å². The fraction of sp³-hybridized carbons (Fsp3) is 0.500. The van der Waals surface area contributed by atoms with Gasteiger partial charge in [-0.2, -0.15) is 4.98 Å². The van der Waals surface area contributed by atoms with Crippen LogP contribution in [0.2, 0.25) is 5.02 Å². The molecule has 1 saturated carbocycles. The van der Waals surface area contributed by atoms with Gasteiger partial charge in [-0.3, -0.25) is 4.79 Å². The van der Waals surface area contributed by atoms with Crippen LogP contribution in [0.25, 0.3) is 0 Å². The van der Waals surface area contributed by atoms with Crippen molar-refractivity contribution in [1.29, 1.82) is 0 Å². The molecular weight excluding hydrogens is 340 g/mol. The van der Waals surface area contributed by atoms with Crippen LogP contribution < -0.4 is 10.2 Å². The van der Waals surface area contributed by atoms with Crippen molar-refractivity contribution in [3.05, 3.63) is 40.5 Å². The largest absolute Gasteiger partial charge is 0.337 e. The highest BCUT2D eigenvalue weighted by molar-refractivity contribution is 6.33. The van der Waals surface area contributed by atoms with Crippen LogP contribution in [0.15, 0.2) is 22.7 Å². The maximum absolute atomic E-state index is 13.4. The zero-order valence-electron chi connectivity index (χ0n) is 13.8. The summed E-state index contributed by atoms with van der Waals surface area (Å²) in [4.78, 5) is 19.7. The van der Waals surface area contributed by atoms with Gasteiger partial charge in [-0.25, -0.2) is 0 Å². The van der Waals surface area contributed by atoms with E-state index in [0.29, 0.717) is 23.4 Å². The molecule has 1 aromatic carbocycles. The summed E-state index contributed by atoms with van der Waals surface area (Å²) in [5.74, 6) is 1.80. The van der Waals surface area contributed by atoms with Gasteiger partial charge in [0.25, 0.3) is 0 Å². The molecule has 25 heavy (non-hydrogen) atoms.